The number of carbonyl (C=O) groups is 3. The molecule has 0 fully saturated rings. The zero-order valence-electron chi connectivity index (χ0n) is 9.24. The molecule has 0 N–H and O–H groups in total. The summed E-state index contributed by atoms with van der Waals surface area (Å²) in [6.45, 7) is 3.17. The first-order valence-corrected chi connectivity index (χ1v) is 5.23. The van der Waals surface area contributed by atoms with Crippen molar-refractivity contribution in [2.45, 2.75) is 20.3 Å². The van der Waals surface area contributed by atoms with E-state index in [4.69, 9.17) is 0 Å². The minimum atomic E-state index is -0.341. The highest BCUT2D eigenvalue weighted by Gasteiger charge is 2.33. The van der Waals surface area contributed by atoms with Gasteiger partial charge in [0.05, 0.1) is 5.57 Å². The normalized spacial score (nSPS) is 24.4. The second-order valence-electron chi connectivity index (χ2n) is 4.12. The molecule has 3 nitrogen and oxygen atoms in total. The van der Waals surface area contributed by atoms with E-state index in [0.717, 1.165) is 0 Å². The molecule has 0 saturated heterocycles. The Labute approximate surface area is 93.5 Å². The minimum Gasteiger partial charge on any atom is -0.294 e. The average molecular weight is 216 g/mol. The fourth-order valence-electron chi connectivity index (χ4n) is 2.14. The number of hydrogen-bond acceptors (Lipinski definition) is 3. The number of rotatable bonds is 1. The van der Waals surface area contributed by atoms with Gasteiger partial charge in [-0.25, -0.2) is 0 Å². The molecule has 16 heavy (non-hydrogen) atoms. The summed E-state index contributed by atoms with van der Waals surface area (Å²) in [6.07, 6.45) is 5.45. The van der Waals surface area contributed by atoms with Gasteiger partial charge in [0.25, 0.3) is 0 Å². The summed E-state index contributed by atoms with van der Waals surface area (Å²) in [5.74, 6) is -0.898. The first kappa shape index (κ1) is 10.7. The molecule has 0 amide bonds. The molecule has 0 aromatic carbocycles. The van der Waals surface area contributed by atoms with Crippen LogP contribution in [0.15, 0.2) is 34.9 Å². The van der Waals surface area contributed by atoms with Crippen LogP contribution >= 0.6 is 0 Å². The Morgan fingerprint density at radius 1 is 1.38 bits per heavy atom. The first-order chi connectivity index (χ1) is 7.52. The van der Waals surface area contributed by atoms with E-state index in [1.807, 2.05) is 19.1 Å². The van der Waals surface area contributed by atoms with Gasteiger partial charge in [-0.3, -0.25) is 14.4 Å². The molecule has 82 valence electrons. The lowest BCUT2D eigenvalue weighted by atomic mass is 9.78. The van der Waals surface area contributed by atoms with E-state index in [0.29, 0.717) is 17.6 Å². The summed E-state index contributed by atoms with van der Waals surface area (Å²) in [7, 11) is 0. The molecule has 0 aliphatic heterocycles. The maximum absolute atomic E-state index is 12.0. The Kier molecular flexibility index (Phi) is 2.46. The highest BCUT2D eigenvalue weighted by Crippen LogP contribution is 2.31. The number of hydrogen-bond donors (Lipinski definition) is 0. The molecule has 0 heterocycles. The van der Waals surface area contributed by atoms with Gasteiger partial charge >= 0.3 is 0 Å². The standard InChI is InChI=1S/C13H12O3/c1-7-4-3-5-9-11(15)6-10(8(2)14)13(16)12(7)9/h3-4,6-7H,5H2,1-2H3. The van der Waals surface area contributed by atoms with E-state index in [1.54, 1.807) is 0 Å². The Morgan fingerprint density at radius 3 is 2.69 bits per heavy atom. The number of ketones is 3. The molecule has 2 aliphatic carbocycles. The van der Waals surface area contributed by atoms with Crippen molar-refractivity contribution in [1.82, 2.24) is 0 Å². The fraction of sp³-hybridized carbons (Fsp3) is 0.308. The Morgan fingerprint density at radius 2 is 2.06 bits per heavy atom. The van der Waals surface area contributed by atoms with Gasteiger partial charge < -0.3 is 0 Å². The van der Waals surface area contributed by atoms with Gasteiger partial charge in [0.15, 0.2) is 17.3 Å². The number of allylic oxidation sites excluding steroid dienone is 6. The summed E-state index contributed by atoms with van der Waals surface area (Å²) >= 11 is 0. The lowest BCUT2D eigenvalue weighted by molar-refractivity contribution is -0.120. The van der Waals surface area contributed by atoms with Gasteiger partial charge in [-0.15, -0.1) is 0 Å². The van der Waals surface area contributed by atoms with E-state index in [1.165, 1.54) is 13.0 Å². The van der Waals surface area contributed by atoms with Crippen LogP contribution in [0.3, 0.4) is 0 Å². The lowest BCUT2D eigenvalue weighted by Gasteiger charge is -2.23. The molecule has 3 heteroatoms. The van der Waals surface area contributed by atoms with Crippen LogP contribution in [0.1, 0.15) is 20.3 Å². The summed E-state index contributed by atoms with van der Waals surface area (Å²) in [4.78, 5) is 35.0. The third-order valence-corrected chi connectivity index (χ3v) is 2.97. The predicted octanol–water partition coefficient (Wildman–Crippen LogP) is 1.55. The Hall–Kier alpha value is -1.77. The van der Waals surface area contributed by atoms with E-state index >= 15 is 0 Å². The summed E-state index contributed by atoms with van der Waals surface area (Å²) < 4.78 is 0. The molecule has 0 bridgehead atoms. The topological polar surface area (TPSA) is 51.2 Å². The van der Waals surface area contributed by atoms with Gasteiger partial charge in [0.2, 0.25) is 0 Å². The SMILES string of the molecule is CC(=O)C1=CC(=O)C2=C(C1=O)C(C)C=CC2. The van der Waals surface area contributed by atoms with Crippen LogP contribution in [0.25, 0.3) is 0 Å². The average Bonchev–Trinajstić information content (AvgIpc) is 2.22. The van der Waals surface area contributed by atoms with Gasteiger partial charge in [-0.2, -0.15) is 0 Å². The van der Waals surface area contributed by atoms with Crippen LogP contribution in [-0.2, 0) is 14.4 Å². The quantitative estimate of drug-likeness (QED) is 0.379. The number of carbonyl (C=O) groups excluding carboxylic acids is 3. The lowest BCUT2D eigenvalue weighted by Crippen LogP contribution is -2.27. The van der Waals surface area contributed by atoms with Gasteiger partial charge in [0.1, 0.15) is 0 Å². The molecular formula is C13H12O3. The highest BCUT2D eigenvalue weighted by molar-refractivity contribution is 6.33. The molecule has 2 rings (SSSR count). The highest BCUT2D eigenvalue weighted by atomic mass is 16.2. The van der Waals surface area contributed by atoms with Crippen molar-refractivity contribution >= 4 is 17.3 Å². The fourth-order valence-corrected chi connectivity index (χ4v) is 2.14. The zero-order chi connectivity index (χ0) is 11.9. The molecule has 0 saturated carbocycles. The van der Waals surface area contributed by atoms with Crippen molar-refractivity contribution in [3.8, 4) is 0 Å². The van der Waals surface area contributed by atoms with Crippen LogP contribution in [0.5, 0.6) is 0 Å². The van der Waals surface area contributed by atoms with Crippen LogP contribution in [0.4, 0.5) is 0 Å². The predicted molar refractivity (Wildman–Crippen MR) is 58.7 cm³/mol. The van der Waals surface area contributed by atoms with Crippen LogP contribution in [0.2, 0.25) is 0 Å². The Balaban J connectivity index is 2.51. The van der Waals surface area contributed by atoms with Gasteiger partial charge in [-0.05, 0) is 13.3 Å². The summed E-state index contributed by atoms with van der Waals surface area (Å²) in [5.41, 5.74) is 1.07. The van der Waals surface area contributed by atoms with Crippen molar-refractivity contribution in [3.05, 3.63) is 34.9 Å². The minimum absolute atomic E-state index is 0.0194. The molecule has 0 radical (unpaired) electrons. The maximum atomic E-state index is 12.0. The third kappa shape index (κ3) is 1.48. The van der Waals surface area contributed by atoms with Crippen molar-refractivity contribution in [2.75, 3.05) is 0 Å². The van der Waals surface area contributed by atoms with Gasteiger partial charge in [-0.1, -0.05) is 19.1 Å². The van der Waals surface area contributed by atoms with Crippen LogP contribution < -0.4 is 0 Å². The van der Waals surface area contributed by atoms with E-state index in [9.17, 15) is 14.4 Å². The molecule has 1 atom stereocenters. The van der Waals surface area contributed by atoms with E-state index < -0.39 is 0 Å². The smallest absolute Gasteiger partial charge is 0.193 e. The molecule has 0 aromatic heterocycles. The van der Waals surface area contributed by atoms with E-state index in [-0.39, 0.29) is 28.8 Å². The first-order valence-electron chi connectivity index (χ1n) is 5.23. The third-order valence-electron chi connectivity index (χ3n) is 2.97. The van der Waals surface area contributed by atoms with Crippen molar-refractivity contribution in [2.24, 2.45) is 5.92 Å². The second-order valence-corrected chi connectivity index (χ2v) is 4.12. The van der Waals surface area contributed by atoms with Crippen molar-refractivity contribution in [1.29, 1.82) is 0 Å². The summed E-state index contributed by atoms with van der Waals surface area (Å²) in [5, 5.41) is 0. The van der Waals surface area contributed by atoms with Crippen molar-refractivity contribution in [3.63, 3.8) is 0 Å². The largest absolute Gasteiger partial charge is 0.294 e. The summed E-state index contributed by atoms with van der Waals surface area (Å²) in [6, 6.07) is 0. The molecule has 0 aromatic rings. The maximum Gasteiger partial charge on any atom is 0.193 e. The van der Waals surface area contributed by atoms with Crippen molar-refractivity contribution < 1.29 is 14.4 Å². The van der Waals surface area contributed by atoms with E-state index in [2.05, 4.69) is 0 Å². The molecule has 2 aliphatic rings. The van der Waals surface area contributed by atoms with Crippen LogP contribution in [-0.4, -0.2) is 17.3 Å². The second kappa shape index (κ2) is 3.67. The molecule has 1 unspecified atom stereocenters. The molecular weight excluding hydrogens is 204 g/mol. The van der Waals surface area contributed by atoms with Gasteiger partial charge in [0, 0.05) is 23.1 Å². The van der Waals surface area contributed by atoms with Crippen LogP contribution in [0, 0.1) is 5.92 Å². The Bertz CT molecular complexity index is 489. The molecule has 0 spiro atoms. The monoisotopic (exact) mass is 216 g/mol. The zero-order valence-corrected chi connectivity index (χ0v) is 9.24. The number of Topliss-reactive ketones (excluding diaryl/α,β-unsaturated/α-hetero) is 2.